The standard InChI is InChI=1S/C31H18O8/c1-8-4-10(32)19-24-16(8)17-9(2)5-11(33)20-25(17)29-27-22(31(20)38)14(36)7-15(39-3)23(27)18-12(34)6-13(35)21(30(19)37)26(18)28(24)29/h4-7,34-38H,1-3H3. The molecule has 0 aliphatic carbocycles. The molecule has 5 N–H and O–H groups in total. The molecular formula is C31H18O8. The van der Waals surface area contributed by atoms with Crippen molar-refractivity contribution in [1.82, 2.24) is 0 Å². The van der Waals surface area contributed by atoms with Gasteiger partial charge >= 0.3 is 0 Å². The number of hydrogen-bond donors (Lipinski definition) is 5. The van der Waals surface area contributed by atoms with Crippen LogP contribution < -0.4 is 15.6 Å². The van der Waals surface area contributed by atoms with Crippen LogP contribution in [0.4, 0.5) is 0 Å². The van der Waals surface area contributed by atoms with Gasteiger partial charge in [-0.25, -0.2) is 0 Å². The lowest BCUT2D eigenvalue weighted by Gasteiger charge is -2.26. The molecule has 0 heterocycles. The first kappa shape index (κ1) is 21.8. The van der Waals surface area contributed by atoms with Crippen molar-refractivity contribution in [2.75, 3.05) is 7.11 Å². The van der Waals surface area contributed by atoms with Crippen molar-refractivity contribution in [2.24, 2.45) is 0 Å². The van der Waals surface area contributed by atoms with E-state index in [0.717, 1.165) is 6.07 Å². The minimum atomic E-state index is -0.456. The van der Waals surface area contributed by atoms with E-state index < -0.39 is 28.1 Å². The van der Waals surface area contributed by atoms with E-state index >= 15 is 0 Å². The predicted molar refractivity (Wildman–Crippen MR) is 151 cm³/mol. The molecule has 8 rings (SSSR count). The van der Waals surface area contributed by atoms with E-state index in [1.807, 2.05) is 0 Å². The fourth-order valence-electron chi connectivity index (χ4n) is 7.13. The Morgan fingerprint density at radius 3 is 1.33 bits per heavy atom. The summed E-state index contributed by atoms with van der Waals surface area (Å²) >= 11 is 0. The maximum absolute atomic E-state index is 13.4. The molecule has 190 valence electrons. The monoisotopic (exact) mass is 518 g/mol. The molecule has 8 aromatic rings. The minimum absolute atomic E-state index is 0.00275. The smallest absolute Gasteiger partial charge is 0.190 e. The molecule has 0 saturated carbocycles. The molecule has 0 fully saturated rings. The van der Waals surface area contributed by atoms with Gasteiger partial charge in [0.2, 0.25) is 0 Å². The summed E-state index contributed by atoms with van der Waals surface area (Å²) in [6.45, 7) is 3.53. The van der Waals surface area contributed by atoms with Gasteiger partial charge in [-0.2, -0.15) is 0 Å². The fraction of sp³-hybridized carbons (Fsp3) is 0.0968. The molecule has 0 unspecified atom stereocenters. The number of ether oxygens (including phenoxy) is 1. The Labute approximate surface area is 217 Å². The lowest BCUT2D eigenvalue weighted by atomic mass is 9.78. The first-order valence-electron chi connectivity index (χ1n) is 12.2. The second-order valence-corrected chi connectivity index (χ2v) is 10.3. The van der Waals surface area contributed by atoms with E-state index in [0.29, 0.717) is 54.2 Å². The molecule has 0 aromatic heterocycles. The van der Waals surface area contributed by atoms with E-state index in [1.165, 1.54) is 25.3 Å². The van der Waals surface area contributed by atoms with Gasteiger partial charge in [-0.3, -0.25) is 9.59 Å². The van der Waals surface area contributed by atoms with Gasteiger partial charge in [-0.05, 0) is 47.9 Å². The summed E-state index contributed by atoms with van der Waals surface area (Å²) in [5.41, 5.74) is 0.300. The van der Waals surface area contributed by atoms with Crippen LogP contribution in [0.1, 0.15) is 11.1 Å². The average molecular weight is 518 g/mol. The Kier molecular flexibility index (Phi) is 3.59. The summed E-state index contributed by atoms with van der Waals surface area (Å²) in [7, 11) is 1.39. The molecule has 8 nitrogen and oxygen atoms in total. The largest absolute Gasteiger partial charge is 0.507 e. The van der Waals surface area contributed by atoms with Gasteiger partial charge < -0.3 is 30.3 Å². The molecule has 0 atom stereocenters. The number of methoxy groups -OCH3 is 1. The molecule has 8 heteroatoms. The first-order chi connectivity index (χ1) is 18.6. The van der Waals surface area contributed by atoms with E-state index in [4.69, 9.17) is 4.74 Å². The quantitative estimate of drug-likeness (QED) is 0.144. The Hall–Kier alpha value is -5.24. The summed E-state index contributed by atoms with van der Waals surface area (Å²) in [6.07, 6.45) is 0. The van der Waals surface area contributed by atoms with Crippen molar-refractivity contribution in [1.29, 1.82) is 0 Å². The summed E-state index contributed by atoms with van der Waals surface area (Å²) in [5, 5.41) is 60.4. The number of fused-ring (bicyclic) bond motifs is 2. The first-order valence-corrected chi connectivity index (χ1v) is 12.2. The number of aryl methyl sites for hydroxylation is 2. The van der Waals surface area contributed by atoms with Gasteiger partial charge in [0.05, 0.1) is 28.7 Å². The maximum Gasteiger partial charge on any atom is 0.190 e. The molecular weight excluding hydrogens is 500 g/mol. The third-order valence-corrected chi connectivity index (χ3v) is 8.45. The highest BCUT2D eigenvalue weighted by Crippen LogP contribution is 2.60. The van der Waals surface area contributed by atoms with Crippen LogP contribution in [0.5, 0.6) is 34.5 Å². The zero-order chi connectivity index (χ0) is 27.4. The van der Waals surface area contributed by atoms with Crippen LogP contribution in [-0.2, 0) is 0 Å². The predicted octanol–water partition coefficient (Wildman–Crippen LogP) is 5.38. The van der Waals surface area contributed by atoms with Crippen LogP contribution in [0.2, 0.25) is 0 Å². The van der Waals surface area contributed by atoms with Gasteiger partial charge in [0.25, 0.3) is 0 Å². The number of phenolic OH excluding ortho intramolecular Hbond substituents is 5. The van der Waals surface area contributed by atoms with Gasteiger partial charge in [0.1, 0.15) is 34.5 Å². The van der Waals surface area contributed by atoms with Crippen molar-refractivity contribution in [2.45, 2.75) is 13.8 Å². The summed E-state index contributed by atoms with van der Waals surface area (Å²) in [5.74, 6) is -1.78. The Balaban J connectivity index is 2.03. The summed E-state index contributed by atoms with van der Waals surface area (Å²) in [4.78, 5) is 26.9. The number of aromatic hydroxyl groups is 5. The average Bonchev–Trinajstić information content (AvgIpc) is 2.86. The van der Waals surface area contributed by atoms with E-state index in [-0.39, 0.29) is 49.6 Å². The molecule has 0 aliphatic heterocycles. The van der Waals surface area contributed by atoms with Gasteiger partial charge in [0.15, 0.2) is 10.9 Å². The van der Waals surface area contributed by atoms with Crippen LogP contribution >= 0.6 is 0 Å². The van der Waals surface area contributed by atoms with Gasteiger partial charge in [-0.15, -0.1) is 0 Å². The van der Waals surface area contributed by atoms with Crippen LogP contribution in [-0.4, -0.2) is 32.6 Å². The van der Waals surface area contributed by atoms with Crippen molar-refractivity contribution in [3.8, 4) is 34.5 Å². The summed E-state index contributed by atoms with van der Waals surface area (Å²) < 4.78 is 5.62. The zero-order valence-corrected chi connectivity index (χ0v) is 20.8. The van der Waals surface area contributed by atoms with Crippen LogP contribution in [0.25, 0.3) is 75.4 Å². The number of hydrogen-bond acceptors (Lipinski definition) is 8. The van der Waals surface area contributed by atoms with E-state index in [1.54, 1.807) is 13.8 Å². The minimum Gasteiger partial charge on any atom is -0.507 e. The zero-order valence-electron chi connectivity index (χ0n) is 20.8. The number of rotatable bonds is 1. The highest BCUT2D eigenvalue weighted by Gasteiger charge is 2.33. The van der Waals surface area contributed by atoms with Crippen LogP contribution in [0.3, 0.4) is 0 Å². The Morgan fingerprint density at radius 1 is 0.462 bits per heavy atom. The Bertz CT molecular complexity index is 2530. The lowest BCUT2D eigenvalue weighted by molar-refractivity contribution is 0.413. The molecule has 0 saturated heterocycles. The highest BCUT2D eigenvalue weighted by atomic mass is 16.5. The molecule has 0 radical (unpaired) electrons. The second kappa shape index (κ2) is 6.42. The topological polar surface area (TPSA) is 145 Å². The molecule has 0 aliphatic rings. The van der Waals surface area contributed by atoms with E-state index in [9.17, 15) is 35.1 Å². The third kappa shape index (κ3) is 2.13. The normalized spacial score (nSPS) is 12.7. The third-order valence-electron chi connectivity index (χ3n) is 8.45. The van der Waals surface area contributed by atoms with Crippen molar-refractivity contribution < 1.29 is 30.3 Å². The second-order valence-electron chi connectivity index (χ2n) is 10.3. The van der Waals surface area contributed by atoms with Crippen molar-refractivity contribution >= 4 is 75.4 Å². The van der Waals surface area contributed by atoms with Crippen molar-refractivity contribution in [3.05, 3.63) is 55.8 Å². The van der Waals surface area contributed by atoms with Crippen LogP contribution in [0.15, 0.2) is 33.9 Å². The fourth-order valence-corrected chi connectivity index (χ4v) is 7.13. The number of phenols is 5. The molecule has 0 amide bonds. The van der Waals surface area contributed by atoms with Crippen molar-refractivity contribution in [3.63, 3.8) is 0 Å². The molecule has 8 aromatic carbocycles. The molecule has 0 spiro atoms. The van der Waals surface area contributed by atoms with Crippen LogP contribution in [0, 0.1) is 13.8 Å². The summed E-state index contributed by atoms with van der Waals surface area (Å²) in [6, 6.07) is 5.17. The number of benzene rings is 8. The SMILES string of the molecule is COc1cc(O)c2c(O)c3c(=O)cc(C)c4c5c(C)cc(=O)c6c(O)c7c(O)cc(O)c8c1c2c(c34)c(c78)c65. The maximum atomic E-state index is 13.4. The highest BCUT2D eigenvalue weighted by molar-refractivity contribution is 6.51. The lowest BCUT2D eigenvalue weighted by Crippen LogP contribution is -2.08. The van der Waals surface area contributed by atoms with E-state index in [2.05, 4.69) is 0 Å². The molecule has 0 bridgehead atoms. The molecule has 39 heavy (non-hydrogen) atoms. The Morgan fingerprint density at radius 2 is 0.846 bits per heavy atom. The van der Waals surface area contributed by atoms with Gasteiger partial charge in [-0.1, -0.05) is 0 Å². The van der Waals surface area contributed by atoms with Gasteiger partial charge in [0, 0.05) is 55.2 Å².